The average molecular weight is 348 g/mol. The van der Waals surface area contributed by atoms with Crippen LogP contribution in [0.5, 0.6) is 17.2 Å². The molecule has 136 valence electrons. The number of urea groups is 1. The van der Waals surface area contributed by atoms with E-state index in [9.17, 15) is 4.79 Å². The quantitative estimate of drug-likeness (QED) is 0.837. The monoisotopic (exact) mass is 348 g/mol. The zero-order chi connectivity index (χ0) is 18.6. The van der Waals surface area contributed by atoms with Crippen LogP contribution in [0.2, 0.25) is 0 Å². The third kappa shape index (κ3) is 3.96. The van der Waals surface area contributed by atoms with Crippen molar-refractivity contribution in [3.63, 3.8) is 0 Å². The third-order valence-corrected chi connectivity index (χ3v) is 3.83. The van der Waals surface area contributed by atoms with Crippen LogP contribution in [-0.4, -0.2) is 37.1 Å². The number of hydrogen-bond donors (Lipinski definition) is 2. The summed E-state index contributed by atoms with van der Waals surface area (Å²) in [5, 5.41) is 9.83. The lowest BCUT2D eigenvalue weighted by molar-refractivity contribution is 0.251. The molecule has 0 radical (unpaired) electrons. The molecule has 0 aliphatic carbocycles. The van der Waals surface area contributed by atoms with Crippen LogP contribution in [0.25, 0.3) is 0 Å². The standard InChI is InChI=1S/C17H24N4O4/c1-10-7-12(21(3)20-10)9-18-17(22)19-13-8-14(23-4)16(25-6)11(2)15(13)24-5/h7-8H,9H2,1-6H3,(H2,18,19,22). The van der Waals surface area contributed by atoms with Crippen molar-refractivity contribution >= 4 is 11.7 Å². The highest BCUT2D eigenvalue weighted by Gasteiger charge is 2.19. The van der Waals surface area contributed by atoms with Gasteiger partial charge in [-0.1, -0.05) is 0 Å². The van der Waals surface area contributed by atoms with Crippen molar-refractivity contribution in [1.29, 1.82) is 0 Å². The summed E-state index contributed by atoms with van der Waals surface area (Å²) in [6, 6.07) is 3.23. The Kier molecular flexibility index (Phi) is 5.74. The number of ether oxygens (including phenoxy) is 3. The van der Waals surface area contributed by atoms with Crippen molar-refractivity contribution in [2.75, 3.05) is 26.6 Å². The van der Waals surface area contributed by atoms with Gasteiger partial charge in [-0.2, -0.15) is 5.10 Å². The van der Waals surface area contributed by atoms with E-state index < -0.39 is 0 Å². The molecule has 0 saturated carbocycles. The molecule has 1 aromatic heterocycles. The molecule has 0 aliphatic rings. The first-order chi connectivity index (χ1) is 11.9. The van der Waals surface area contributed by atoms with Crippen LogP contribution in [0.15, 0.2) is 12.1 Å². The van der Waals surface area contributed by atoms with Crippen molar-refractivity contribution < 1.29 is 19.0 Å². The number of nitrogens with one attached hydrogen (secondary N) is 2. The first-order valence-electron chi connectivity index (χ1n) is 7.75. The summed E-state index contributed by atoms with van der Waals surface area (Å²) in [6.07, 6.45) is 0. The van der Waals surface area contributed by atoms with E-state index in [0.717, 1.165) is 17.0 Å². The van der Waals surface area contributed by atoms with Crippen molar-refractivity contribution in [1.82, 2.24) is 15.1 Å². The molecule has 25 heavy (non-hydrogen) atoms. The number of nitrogens with zero attached hydrogens (tertiary/aromatic N) is 2. The van der Waals surface area contributed by atoms with Gasteiger partial charge in [-0.25, -0.2) is 4.79 Å². The summed E-state index contributed by atoms with van der Waals surface area (Å²) < 4.78 is 17.8. The normalized spacial score (nSPS) is 10.3. The molecule has 1 heterocycles. The molecule has 0 bridgehead atoms. The minimum Gasteiger partial charge on any atom is -0.494 e. The molecule has 0 spiro atoms. The summed E-state index contributed by atoms with van der Waals surface area (Å²) in [7, 11) is 6.47. The lowest BCUT2D eigenvalue weighted by Crippen LogP contribution is -2.29. The Balaban J connectivity index is 2.17. The Morgan fingerprint density at radius 3 is 2.32 bits per heavy atom. The number of aromatic nitrogens is 2. The summed E-state index contributed by atoms with van der Waals surface area (Å²) >= 11 is 0. The summed E-state index contributed by atoms with van der Waals surface area (Å²) in [5.74, 6) is 1.60. The van der Waals surface area contributed by atoms with E-state index in [0.29, 0.717) is 29.5 Å². The predicted molar refractivity (Wildman–Crippen MR) is 94.6 cm³/mol. The summed E-state index contributed by atoms with van der Waals surface area (Å²) in [4.78, 5) is 12.3. The molecule has 1 aromatic carbocycles. The van der Waals surface area contributed by atoms with Crippen LogP contribution in [0.3, 0.4) is 0 Å². The Bertz CT molecular complexity index is 770. The number of carbonyl (C=O) groups excluding carboxylic acids is 1. The molecule has 0 unspecified atom stereocenters. The van der Waals surface area contributed by atoms with Gasteiger partial charge in [-0.3, -0.25) is 4.68 Å². The smallest absolute Gasteiger partial charge is 0.319 e. The number of methoxy groups -OCH3 is 3. The number of amides is 2. The zero-order valence-corrected chi connectivity index (χ0v) is 15.4. The van der Waals surface area contributed by atoms with E-state index in [1.54, 1.807) is 25.0 Å². The fraction of sp³-hybridized carbons (Fsp3) is 0.412. The predicted octanol–water partition coefficient (Wildman–Crippen LogP) is 2.38. The molecule has 8 nitrogen and oxygen atoms in total. The third-order valence-electron chi connectivity index (χ3n) is 3.83. The van der Waals surface area contributed by atoms with E-state index in [4.69, 9.17) is 14.2 Å². The molecular formula is C17H24N4O4. The van der Waals surface area contributed by atoms with Gasteiger partial charge < -0.3 is 24.8 Å². The number of anilines is 1. The lowest BCUT2D eigenvalue weighted by atomic mass is 10.1. The first-order valence-corrected chi connectivity index (χ1v) is 7.75. The maximum atomic E-state index is 12.3. The van der Waals surface area contributed by atoms with Crippen LogP contribution in [0.1, 0.15) is 17.0 Å². The molecule has 0 fully saturated rings. The minimum atomic E-state index is -0.358. The number of rotatable bonds is 6. The molecule has 8 heteroatoms. The Morgan fingerprint density at radius 1 is 1.12 bits per heavy atom. The summed E-state index contributed by atoms with van der Waals surface area (Å²) in [5.41, 5.74) is 3.04. The van der Waals surface area contributed by atoms with Crippen LogP contribution in [-0.2, 0) is 13.6 Å². The first kappa shape index (κ1) is 18.4. The number of aryl methyl sites for hydroxylation is 2. The van der Waals surface area contributed by atoms with Crippen molar-refractivity contribution in [3.05, 3.63) is 29.1 Å². The maximum absolute atomic E-state index is 12.3. The largest absolute Gasteiger partial charge is 0.494 e. The van der Waals surface area contributed by atoms with E-state index in [1.165, 1.54) is 7.11 Å². The van der Waals surface area contributed by atoms with Gasteiger partial charge in [0.05, 0.1) is 44.9 Å². The highest BCUT2D eigenvalue weighted by Crippen LogP contribution is 2.42. The van der Waals surface area contributed by atoms with Crippen LogP contribution < -0.4 is 24.8 Å². The van der Waals surface area contributed by atoms with E-state index >= 15 is 0 Å². The van der Waals surface area contributed by atoms with Gasteiger partial charge in [0.1, 0.15) is 5.75 Å². The van der Waals surface area contributed by atoms with Gasteiger partial charge in [0.15, 0.2) is 11.5 Å². The fourth-order valence-corrected chi connectivity index (χ4v) is 2.68. The van der Waals surface area contributed by atoms with Crippen LogP contribution >= 0.6 is 0 Å². The minimum absolute atomic E-state index is 0.358. The number of hydrogen-bond acceptors (Lipinski definition) is 5. The van der Waals surface area contributed by atoms with Crippen molar-refractivity contribution in [2.24, 2.45) is 7.05 Å². The second-order valence-corrected chi connectivity index (χ2v) is 5.53. The Morgan fingerprint density at radius 2 is 1.80 bits per heavy atom. The van der Waals surface area contributed by atoms with Gasteiger partial charge in [-0.15, -0.1) is 0 Å². The highest BCUT2D eigenvalue weighted by atomic mass is 16.5. The molecule has 2 aromatic rings. The van der Waals surface area contributed by atoms with Gasteiger partial charge in [0, 0.05) is 18.7 Å². The van der Waals surface area contributed by atoms with Gasteiger partial charge in [0.2, 0.25) is 0 Å². The van der Waals surface area contributed by atoms with Crippen LogP contribution in [0, 0.1) is 13.8 Å². The SMILES string of the molecule is COc1cc(NC(=O)NCc2cc(C)nn2C)c(OC)c(C)c1OC. The van der Waals surface area contributed by atoms with E-state index in [2.05, 4.69) is 15.7 Å². The lowest BCUT2D eigenvalue weighted by Gasteiger charge is -2.18. The second-order valence-electron chi connectivity index (χ2n) is 5.53. The van der Waals surface area contributed by atoms with Gasteiger partial charge in [0.25, 0.3) is 0 Å². The molecular weight excluding hydrogens is 324 g/mol. The number of carbonyl (C=O) groups is 1. The highest BCUT2D eigenvalue weighted by molar-refractivity contribution is 5.92. The molecule has 2 N–H and O–H groups in total. The van der Waals surface area contributed by atoms with E-state index in [1.807, 2.05) is 27.0 Å². The fourth-order valence-electron chi connectivity index (χ4n) is 2.68. The van der Waals surface area contributed by atoms with Crippen LogP contribution in [0.4, 0.5) is 10.5 Å². The van der Waals surface area contributed by atoms with Crippen molar-refractivity contribution in [3.8, 4) is 17.2 Å². The van der Waals surface area contributed by atoms with Gasteiger partial charge in [-0.05, 0) is 19.9 Å². The molecule has 0 saturated heterocycles. The van der Waals surface area contributed by atoms with Gasteiger partial charge >= 0.3 is 6.03 Å². The van der Waals surface area contributed by atoms with E-state index in [-0.39, 0.29) is 6.03 Å². The second kappa shape index (κ2) is 7.78. The Hall–Kier alpha value is -2.90. The molecule has 0 atom stereocenters. The maximum Gasteiger partial charge on any atom is 0.319 e. The number of benzene rings is 1. The zero-order valence-electron chi connectivity index (χ0n) is 15.4. The van der Waals surface area contributed by atoms with Crippen molar-refractivity contribution in [2.45, 2.75) is 20.4 Å². The molecule has 2 amide bonds. The summed E-state index contributed by atoms with van der Waals surface area (Å²) in [6.45, 7) is 4.10. The Labute approximate surface area is 147 Å². The average Bonchev–Trinajstić information content (AvgIpc) is 2.90. The molecule has 0 aliphatic heterocycles. The molecule has 2 rings (SSSR count). The topological polar surface area (TPSA) is 86.6 Å².